The highest BCUT2D eigenvalue weighted by Gasteiger charge is 2.28. The first kappa shape index (κ1) is 31.3. The number of halogens is 8. The fourth-order valence-electron chi connectivity index (χ4n) is 4.54. The van der Waals surface area contributed by atoms with Gasteiger partial charge in [-0.2, -0.15) is 15.0 Å². The van der Waals surface area contributed by atoms with Crippen LogP contribution >= 0.6 is 0 Å². The van der Waals surface area contributed by atoms with E-state index in [0.29, 0.717) is 13.0 Å². The van der Waals surface area contributed by atoms with Crippen LogP contribution in [-0.4, -0.2) is 47.7 Å². The standard InChI is InChI=1S/C28H28F8N6/c29-17-13-18(30)24(34)21(23(17)33)15-5-6-16(22-25(35)19(31)14-20(32)26(22)36)28-27(15)40-42(41-28)12-4-2-1-3-8-38-10-11-39-9-7-37/h5-6,13-14,38-39H,1-4,7-12,37H2. The normalized spacial score (nSPS) is 11.6. The van der Waals surface area contributed by atoms with Crippen LogP contribution < -0.4 is 16.4 Å². The van der Waals surface area contributed by atoms with E-state index in [0.717, 1.165) is 62.4 Å². The van der Waals surface area contributed by atoms with Gasteiger partial charge in [-0.3, -0.25) is 0 Å². The van der Waals surface area contributed by atoms with Crippen LogP contribution in [0.1, 0.15) is 25.7 Å². The van der Waals surface area contributed by atoms with Crippen LogP contribution in [0, 0.1) is 46.5 Å². The zero-order valence-electron chi connectivity index (χ0n) is 22.3. The largest absolute Gasteiger partial charge is 0.329 e. The molecule has 4 N–H and O–H groups in total. The molecule has 4 aromatic rings. The van der Waals surface area contributed by atoms with Crippen molar-refractivity contribution >= 4 is 11.0 Å². The van der Waals surface area contributed by atoms with Crippen molar-refractivity contribution in [2.24, 2.45) is 5.73 Å². The van der Waals surface area contributed by atoms with Gasteiger partial charge in [0, 0.05) is 49.4 Å². The molecule has 1 aromatic heterocycles. The number of rotatable bonds is 14. The second-order valence-electron chi connectivity index (χ2n) is 9.54. The van der Waals surface area contributed by atoms with E-state index in [1.54, 1.807) is 0 Å². The molecule has 0 amide bonds. The summed E-state index contributed by atoms with van der Waals surface area (Å²) in [7, 11) is 0. The summed E-state index contributed by atoms with van der Waals surface area (Å²) in [5.74, 6) is -13.6. The second-order valence-corrected chi connectivity index (χ2v) is 9.54. The van der Waals surface area contributed by atoms with Crippen molar-refractivity contribution in [2.75, 3.05) is 32.7 Å². The third-order valence-electron chi connectivity index (χ3n) is 6.61. The Bertz CT molecular complexity index is 1410. The summed E-state index contributed by atoms with van der Waals surface area (Å²) in [6.45, 7) is 3.86. The Morgan fingerprint density at radius 2 is 1.00 bits per heavy atom. The molecule has 4 rings (SSSR count). The highest BCUT2D eigenvalue weighted by molar-refractivity contribution is 6.00. The van der Waals surface area contributed by atoms with Crippen LogP contribution in [-0.2, 0) is 6.54 Å². The SMILES string of the molecule is NCCNCCNCCCCCCn1nc2c(-c3c(F)c(F)cc(F)c3F)ccc(-c3c(F)c(F)cc(F)c3F)c2n1. The first-order chi connectivity index (χ1) is 20.1. The molecule has 0 unspecified atom stereocenters. The molecule has 0 fully saturated rings. The number of aromatic nitrogens is 3. The Hall–Kier alpha value is -3.62. The van der Waals surface area contributed by atoms with Crippen molar-refractivity contribution in [1.82, 2.24) is 25.6 Å². The van der Waals surface area contributed by atoms with Gasteiger partial charge < -0.3 is 16.4 Å². The van der Waals surface area contributed by atoms with Crippen LogP contribution in [0.2, 0.25) is 0 Å². The van der Waals surface area contributed by atoms with E-state index in [1.807, 2.05) is 0 Å². The van der Waals surface area contributed by atoms with E-state index in [4.69, 9.17) is 5.73 Å². The predicted octanol–water partition coefficient (Wildman–Crippen LogP) is 5.58. The van der Waals surface area contributed by atoms with Crippen LogP contribution in [0.25, 0.3) is 33.3 Å². The summed E-state index contributed by atoms with van der Waals surface area (Å²) < 4.78 is 115. The minimum atomic E-state index is -1.73. The smallest absolute Gasteiger partial charge is 0.169 e. The molecule has 0 atom stereocenters. The van der Waals surface area contributed by atoms with Gasteiger partial charge in [0.25, 0.3) is 0 Å². The van der Waals surface area contributed by atoms with Crippen LogP contribution in [0.3, 0.4) is 0 Å². The summed E-state index contributed by atoms with van der Waals surface area (Å²) in [6, 6.07) is 1.87. The summed E-state index contributed by atoms with van der Waals surface area (Å²) in [5, 5.41) is 14.8. The van der Waals surface area contributed by atoms with E-state index in [-0.39, 0.29) is 29.7 Å². The van der Waals surface area contributed by atoms with Crippen molar-refractivity contribution in [3.05, 3.63) is 70.8 Å². The fraction of sp³-hybridized carbons (Fsp3) is 0.357. The molecule has 0 spiro atoms. The van der Waals surface area contributed by atoms with Gasteiger partial charge in [0.15, 0.2) is 46.5 Å². The summed E-state index contributed by atoms with van der Waals surface area (Å²) >= 11 is 0. The molecule has 14 heteroatoms. The van der Waals surface area contributed by atoms with E-state index in [9.17, 15) is 35.1 Å². The Morgan fingerprint density at radius 1 is 0.571 bits per heavy atom. The van der Waals surface area contributed by atoms with E-state index >= 15 is 0 Å². The molecule has 1 heterocycles. The molecule has 0 aliphatic rings. The molecule has 0 bridgehead atoms. The number of benzene rings is 3. The number of hydrogen-bond acceptors (Lipinski definition) is 5. The minimum Gasteiger partial charge on any atom is -0.329 e. The van der Waals surface area contributed by atoms with Gasteiger partial charge in [0.2, 0.25) is 0 Å². The zero-order chi connectivity index (χ0) is 30.4. The predicted molar refractivity (Wildman–Crippen MR) is 141 cm³/mol. The van der Waals surface area contributed by atoms with Gasteiger partial charge in [-0.15, -0.1) is 0 Å². The van der Waals surface area contributed by atoms with Gasteiger partial charge in [0.05, 0.1) is 17.7 Å². The van der Waals surface area contributed by atoms with Crippen molar-refractivity contribution in [1.29, 1.82) is 0 Å². The summed E-state index contributed by atoms with van der Waals surface area (Å²) in [6.07, 6.45) is 3.01. The maximum atomic E-state index is 14.7. The van der Waals surface area contributed by atoms with Crippen molar-refractivity contribution < 1.29 is 35.1 Å². The van der Waals surface area contributed by atoms with Gasteiger partial charge in [-0.1, -0.05) is 25.0 Å². The highest BCUT2D eigenvalue weighted by atomic mass is 19.2. The average Bonchev–Trinajstić information content (AvgIpc) is 3.39. The maximum absolute atomic E-state index is 14.7. The summed E-state index contributed by atoms with van der Waals surface area (Å²) in [5.41, 5.74) is 1.46. The summed E-state index contributed by atoms with van der Waals surface area (Å²) in [4.78, 5) is 1.09. The topological polar surface area (TPSA) is 80.8 Å². The third-order valence-corrected chi connectivity index (χ3v) is 6.61. The number of aryl methyl sites for hydroxylation is 1. The first-order valence-electron chi connectivity index (χ1n) is 13.3. The van der Waals surface area contributed by atoms with Crippen molar-refractivity contribution in [2.45, 2.75) is 32.2 Å². The molecule has 0 saturated carbocycles. The highest BCUT2D eigenvalue weighted by Crippen LogP contribution is 2.39. The van der Waals surface area contributed by atoms with Crippen molar-refractivity contribution in [3.63, 3.8) is 0 Å². The third kappa shape index (κ3) is 6.71. The lowest BCUT2D eigenvalue weighted by molar-refractivity contribution is 0.458. The molecule has 3 aromatic carbocycles. The number of unbranched alkanes of at least 4 members (excludes halogenated alkanes) is 3. The lowest BCUT2D eigenvalue weighted by atomic mass is 9.96. The number of hydrogen-bond donors (Lipinski definition) is 3. The van der Waals surface area contributed by atoms with Gasteiger partial charge in [0.1, 0.15) is 11.0 Å². The molecule has 226 valence electrons. The molecule has 0 saturated heterocycles. The second kappa shape index (κ2) is 14.0. The Balaban J connectivity index is 1.62. The quantitative estimate of drug-likeness (QED) is 0.100. The Kier molecular flexibility index (Phi) is 10.5. The van der Waals surface area contributed by atoms with E-state index < -0.39 is 68.8 Å². The van der Waals surface area contributed by atoms with Crippen LogP contribution in [0.5, 0.6) is 0 Å². The Morgan fingerprint density at radius 3 is 1.45 bits per heavy atom. The number of nitrogens with two attached hydrogens (primary N) is 1. The molecule has 42 heavy (non-hydrogen) atoms. The molecule has 0 radical (unpaired) electrons. The molecule has 0 aliphatic carbocycles. The first-order valence-corrected chi connectivity index (χ1v) is 13.3. The molecular weight excluding hydrogens is 572 g/mol. The number of nitrogens with zero attached hydrogens (tertiary/aromatic N) is 3. The lowest BCUT2D eigenvalue weighted by Gasteiger charge is -2.11. The lowest BCUT2D eigenvalue weighted by Crippen LogP contribution is -2.31. The fourth-order valence-corrected chi connectivity index (χ4v) is 4.54. The van der Waals surface area contributed by atoms with E-state index in [2.05, 4.69) is 20.8 Å². The maximum Gasteiger partial charge on any atom is 0.169 e. The van der Waals surface area contributed by atoms with Gasteiger partial charge in [-0.05, 0) is 19.4 Å². The Labute approximate surface area is 235 Å². The number of fused-ring (bicyclic) bond motifs is 1. The molecule has 6 nitrogen and oxygen atoms in total. The number of nitrogens with one attached hydrogen (secondary N) is 2. The molecular formula is C28H28F8N6. The van der Waals surface area contributed by atoms with E-state index in [1.165, 1.54) is 0 Å². The van der Waals surface area contributed by atoms with Crippen LogP contribution in [0.15, 0.2) is 24.3 Å². The average molecular weight is 601 g/mol. The van der Waals surface area contributed by atoms with Crippen molar-refractivity contribution in [3.8, 4) is 22.3 Å². The minimum absolute atomic E-state index is 0.0329. The van der Waals surface area contributed by atoms with Crippen LogP contribution in [0.4, 0.5) is 35.1 Å². The molecule has 0 aliphatic heterocycles. The zero-order valence-corrected chi connectivity index (χ0v) is 22.3. The van der Waals surface area contributed by atoms with Gasteiger partial charge in [-0.25, -0.2) is 35.1 Å². The van der Waals surface area contributed by atoms with Gasteiger partial charge >= 0.3 is 0 Å². The monoisotopic (exact) mass is 600 g/mol.